The van der Waals surface area contributed by atoms with E-state index in [4.69, 9.17) is 13.1 Å². The van der Waals surface area contributed by atoms with Gasteiger partial charge in [0.2, 0.25) is 0 Å². The Morgan fingerprint density at radius 1 is 0.452 bits per heavy atom. The fourth-order valence-electron chi connectivity index (χ4n) is 8.47. The van der Waals surface area contributed by atoms with Crippen molar-refractivity contribution in [3.63, 3.8) is 0 Å². The zero-order chi connectivity index (χ0) is 42.5. The molecule has 0 atom stereocenters. The van der Waals surface area contributed by atoms with Crippen LogP contribution in [0.4, 0.5) is 17.1 Å². The predicted octanol–water partition coefficient (Wildman–Crippen LogP) is 13.1. The van der Waals surface area contributed by atoms with Crippen LogP contribution in [0, 0.1) is 35.8 Å². The summed E-state index contributed by atoms with van der Waals surface area (Å²) >= 11 is 0. The SMILES string of the molecule is [C-]#[N+]c1cc([N+]#[C-])cc(-c2ccc3c4ccc(-c5cc(C#N)cc(C#N)c5)cc4n(-c4cccc5c4C(=O)N(c4cc(-c6ccccc6)cc(-c6ccccc6)c4)C5=O)c3c2)c1. The highest BCUT2D eigenvalue weighted by Gasteiger charge is 2.40. The molecule has 9 aromatic rings. The molecule has 1 aliphatic heterocycles. The Bertz CT molecular complexity index is 3300. The van der Waals surface area contributed by atoms with Gasteiger partial charge in [-0.3, -0.25) is 9.59 Å². The molecule has 0 unspecified atom stereocenters. The normalized spacial score (nSPS) is 11.8. The van der Waals surface area contributed by atoms with Gasteiger partial charge in [0.05, 0.1) is 69.9 Å². The second-order valence-electron chi connectivity index (χ2n) is 14.9. The van der Waals surface area contributed by atoms with E-state index < -0.39 is 11.8 Å². The van der Waals surface area contributed by atoms with Gasteiger partial charge >= 0.3 is 0 Å². The summed E-state index contributed by atoms with van der Waals surface area (Å²) in [6, 6.07) is 57.0. The molecular weight excluding hydrogens is 765 g/mol. The maximum atomic E-state index is 15.1. The Morgan fingerprint density at radius 2 is 0.968 bits per heavy atom. The van der Waals surface area contributed by atoms with Crippen molar-refractivity contribution in [1.82, 2.24) is 4.57 Å². The van der Waals surface area contributed by atoms with Gasteiger partial charge in [0.15, 0.2) is 11.4 Å². The minimum absolute atomic E-state index is 0.238. The second-order valence-corrected chi connectivity index (χ2v) is 14.9. The third-order valence-corrected chi connectivity index (χ3v) is 11.3. The van der Waals surface area contributed by atoms with Crippen LogP contribution in [-0.2, 0) is 0 Å². The largest absolute Gasteiger partial charge is 0.308 e. The van der Waals surface area contributed by atoms with Gasteiger partial charge < -0.3 is 4.57 Å². The van der Waals surface area contributed by atoms with Gasteiger partial charge in [-0.25, -0.2) is 14.6 Å². The molecular formula is C54H28N6O2. The lowest BCUT2D eigenvalue weighted by Crippen LogP contribution is -2.29. The van der Waals surface area contributed by atoms with Crippen molar-refractivity contribution in [3.8, 4) is 62.3 Å². The molecule has 62 heavy (non-hydrogen) atoms. The number of carbonyl (C=O) groups is 2. The number of nitriles is 2. The zero-order valence-electron chi connectivity index (χ0n) is 32.7. The van der Waals surface area contributed by atoms with Crippen LogP contribution in [0.3, 0.4) is 0 Å². The Balaban J connectivity index is 1.21. The molecule has 0 aliphatic carbocycles. The third kappa shape index (κ3) is 6.14. The molecule has 0 spiro atoms. The van der Waals surface area contributed by atoms with Gasteiger partial charge in [0.1, 0.15) is 0 Å². The number of anilines is 1. The van der Waals surface area contributed by atoms with E-state index in [1.807, 2.05) is 120 Å². The first-order valence-corrected chi connectivity index (χ1v) is 19.6. The average Bonchev–Trinajstić information content (AvgIpc) is 3.80. The Hall–Kier alpha value is -9.34. The van der Waals surface area contributed by atoms with Crippen molar-refractivity contribution in [3.05, 3.63) is 215 Å². The van der Waals surface area contributed by atoms with Crippen molar-refractivity contribution in [2.45, 2.75) is 0 Å². The first-order chi connectivity index (χ1) is 30.3. The Labute approximate surface area is 356 Å². The topological polar surface area (TPSA) is 98.6 Å². The maximum Gasteiger partial charge on any atom is 0.268 e. The van der Waals surface area contributed by atoms with Crippen molar-refractivity contribution < 1.29 is 9.59 Å². The highest BCUT2D eigenvalue weighted by molar-refractivity contribution is 6.36. The maximum absolute atomic E-state index is 15.1. The number of benzene rings is 8. The number of carbonyl (C=O) groups excluding carboxylic acids is 2. The first-order valence-electron chi connectivity index (χ1n) is 19.6. The van der Waals surface area contributed by atoms with E-state index in [2.05, 4.69) is 27.9 Å². The predicted molar refractivity (Wildman–Crippen MR) is 242 cm³/mol. The van der Waals surface area contributed by atoms with Crippen LogP contribution < -0.4 is 4.90 Å². The molecule has 2 amide bonds. The molecule has 0 radical (unpaired) electrons. The van der Waals surface area contributed by atoms with Crippen LogP contribution in [0.25, 0.3) is 81.7 Å². The van der Waals surface area contributed by atoms with Crippen LogP contribution in [0.2, 0.25) is 0 Å². The lowest BCUT2D eigenvalue weighted by molar-refractivity contribution is 0.0926. The summed E-state index contributed by atoms with van der Waals surface area (Å²) in [7, 11) is 0. The number of fused-ring (bicyclic) bond motifs is 4. The van der Waals surface area contributed by atoms with E-state index >= 15 is 4.79 Å². The molecule has 0 fully saturated rings. The van der Waals surface area contributed by atoms with Gasteiger partial charge in [0, 0.05) is 10.8 Å². The fourth-order valence-corrected chi connectivity index (χ4v) is 8.47. The van der Waals surface area contributed by atoms with E-state index in [0.717, 1.165) is 55.2 Å². The van der Waals surface area contributed by atoms with E-state index in [0.29, 0.717) is 45.0 Å². The van der Waals surface area contributed by atoms with Crippen molar-refractivity contribution in [1.29, 1.82) is 10.5 Å². The lowest BCUT2D eigenvalue weighted by atomic mass is 9.97. The number of nitrogens with zero attached hydrogens (tertiary/aromatic N) is 6. The molecule has 0 saturated carbocycles. The zero-order valence-corrected chi connectivity index (χ0v) is 32.7. The average molecular weight is 793 g/mol. The number of amides is 2. The quantitative estimate of drug-likeness (QED) is 0.124. The molecule has 0 saturated heterocycles. The van der Waals surface area contributed by atoms with Crippen LogP contribution in [-0.4, -0.2) is 16.4 Å². The Kier molecular flexibility index (Phi) is 8.82. The van der Waals surface area contributed by atoms with Gasteiger partial charge in [-0.1, -0.05) is 109 Å². The molecule has 2 heterocycles. The van der Waals surface area contributed by atoms with E-state index in [-0.39, 0.29) is 11.1 Å². The number of rotatable bonds is 6. The second kappa shape index (κ2) is 14.8. The molecule has 8 nitrogen and oxygen atoms in total. The summed E-state index contributed by atoms with van der Waals surface area (Å²) in [4.78, 5) is 38.3. The summed E-state index contributed by atoms with van der Waals surface area (Å²) in [6.07, 6.45) is 0. The first kappa shape index (κ1) is 37.0. The summed E-state index contributed by atoms with van der Waals surface area (Å²) in [5.41, 5.74) is 10.7. The molecule has 8 aromatic carbocycles. The fraction of sp³-hybridized carbons (Fsp3) is 0. The van der Waals surface area contributed by atoms with Crippen LogP contribution in [0.5, 0.6) is 0 Å². The number of aromatic nitrogens is 1. The molecule has 8 heteroatoms. The van der Waals surface area contributed by atoms with E-state index in [1.54, 1.807) is 48.5 Å². The molecule has 286 valence electrons. The van der Waals surface area contributed by atoms with Gasteiger partial charge in [0.25, 0.3) is 11.8 Å². The van der Waals surface area contributed by atoms with Gasteiger partial charge in [-0.15, -0.1) is 0 Å². The summed E-state index contributed by atoms with van der Waals surface area (Å²) in [5, 5.41) is 21.3. The number of hydrogen-bond donors (Lipinski definition) is 0. The van der Waals surface area contributed by atoms with E-state index in [1.165, 1.54) is 4.90 Å². The minimum Gasteiger partial charge on any atom is -0.308 e. The smallest absolute Gasteiger partial charge is 0.268 e. The molecule has 0 N–H and O–H groups in total. The molecule has 1 aliphatic rings. The van der Waals surface area contributed by atoms with Crippen LogP contribution >= 0.6 is 0 Å². The summed E-state index contributed by atoms with van der Waals surface area (Å²) < 4.78 is 1.98. The standard InChI is InChI=1S/C54H28N6O2/c1-57-43-24-42(25-44(30-43)58-2)38-17-19-47-46-18-16-37(39-21-33(31-55)20-34(22-39)32-56)28-50(46)60(51(47)29-38)49-15-9-14-48-52(49)54(62)59(53(48)61)45-26-40(35-10-5-3-6-11-35)23-41(27-45)36-12-7-4-8-13-36/h3-30H. The third-order valence-electron chi connectivity index (χ3n) is 11.3. The number of hydrogen-bond acceptors (Lipinski definition) is 4. The Morgan fingerprint density at radius 3 is 1.48 bits per heavy atom. The molecule has 0 bridgehead atoms. The summed E-state index contributed by atoms with van der Waals surface area (Å²) in [6.45, 7) is 15.4. The highest BCUT2D eigenvalue weighted by atomic mass is 16.2. The van der Waals surface area contributed by atoms with Gasteiger partial charge in [-0.05, 0) is 105 Å². The van der Waals surface area contributed by atoms with E-state index in [9.17, 15) is 15.3 Å². The monoisotopic (exact) mass is 792 g/mol. The number of imide groups is 1. The van der Waals surface area contributed by atoms with Crippen molar-refractivity contribution in [2.24, 2.45) is 0 Å². The lowest BCUT2D eigenvalue weighted by Gasteiger charge is -2.18. The van der Waals surface area contributed by atoms with Crippen LogP contribution in [0.15, 0.2) is 170 Å². The van der Waals surface area contributed by atoms with Gasteiger partial charge in [-0.2, -0.15) is 10.5 Å². The van der Waals surface area contributed by atoms with Crippen LogP contribution in [0.1, 0.15) is 31.8 Å². The highest BCUT2D eigenvalue weighted by Crippen LogP contribution is 2.42. The van der Waals surface area contributed by atoms with Crippen molar-refractivity contribution >= 4 is 50.7 Å². The minimum atomic E-state index is -0.473. The molecule has 10 rings (SSSR count). The summed E-state index contributed by atoms with van der Waals surface area (Å²) in [5.74, 6) is -0.919. The molecule has 1 aromatic heterocycles. The van der Waals surface area contributed by atoms with Crippen molar-refractivity contribution in [2.75, 3.05) is 4.90 Å².